The van der Waals surface area contributed by atoms with E-state index < -0.39 is 0 Å². The molecule has 0 saturated carbocycles. The lowest BCUT2D eigenvalue weighted by atomic mass is 10.1. The molecule has 1 heterocycles. The lowest BCUT2D eigenvalue weighted by Crippen LogP contribution is -2.05. The van der Waals surface area contributed by atoms with E-state index in [1.54, 1.807) is 12.1 Å². The van der Waals surface area contributed by atoms with Crippen LogP contribution >= 0.6 is 0 Å². The van der Waals surface area contributed by atoms with Gasteiger partial charge in [-0.15, -0.1) is 0 Å². The Morgan fingerprint density at radius 1 is 1.22 bits per heavy atom. The van der Waals surface area contributed by atoms with Crippen molar-refractivity contribution in [3.8, 4) is 11.6 Å². The summed E-state index contributed by atoms with van der Waals surface area (Å²) in [7, 11) is 0. The van der Waals surface area contributed by atoms with Gasteiger partial charge in [-0.05, 0) is 49.7 Å². The number of ether oxygens (including phenoxy) is 1. The topological polar surface area (TPSA) is 48.1 Å². The molecule has 18 heavy (non-hydrogen) atoms. The number of hydrogen-bond donors (Lipinski definition) is 1. The van der Waals surface area contributed by atoms with Gasteiger partial charge in [0, 0.05) is 17.8 Å². The Hall–Kier alpha value is -1.94. The highest BCUT2D eigenvalue weighted by atomic mass is 19.1. The first-order valence-electron chi connectivity index (χ1n) is 5.70. The van der Waals surface area contributed by atoms with Crippen LogP contribution in [0.25, 0.3) is 0 Å². The van der Waals surface area contributed by atoms with Crippen LogP contribution in [0, 0.1) is 19.7 Å². The highest BCUT2D eigenvalue weighted by Gasteiger charge is 2.09. The van der Waals surface area contributed by atoms with Crippen LogP contribution in [-0.4, -0.2) is 4.98 Å². The molecule has 2 rings (SSSR count). The van der Waals surface area contributed by atoms with Crippen molar-refractivity contribution in [3.63, 3.8) is 0 Å². The number of hydrogen-bond acceptors (Lipinski definition) is 3. The second-order valence-corrected chi connectivity index (χ2v) is 4.12. The standard InChI is InChI=1S/C14H15FN2O/c1-9-7-10(2)17-14(13(9)8-16)18-12-5-3-11(15)4-6-12/h3-7H,8,16H2,1-2H3. The predicted octanol–water partition coefficient (Wildman–Crippen LogP) is 3.09. The molecule has 0 atom stereocenters. The fourth-order valence-electron chi connectivity index (χ4n) is 1.78. The third kappa shape index (κ3) is 2.65. The minimum absolute atomic E-state index is 0.296. The zero-order valence-corrected chi connectivity index (χ0v) is 10.4. The average Bonchev–Trinajstić information content (AvgIpc) is 2.32. The van der Waals surface area contributed by atoms with Crippen molar-refractivity contribution in [1.29, 1.82) is 0 Å². The Morgan fingerprint density at radius 3 is 2.50 bits per heavy atom. The summed E-state index contributed by atoms with van der Waals surface area (Å²) in [5, 5.41) is 0. The number of rotatable bonds is 3. The molecule has 1 aromatic heterocycles. The summed E-state index contributed by atoms with van der Waals surface area (Å²) < 4.78 is 18.5. The third-order valence-corrected chi connectivity index (χ3v) is 2.67. The van der Waals surface area contributed by atoms with Gasteiger partial charge >= 0.3 is 0 Å². The van der Waals surface area contributed by atoms with Crippen LogP contribution < -0.4 is 10.5 Å². The molecule has 0 aliphatic heterocycles. The van der Waals surface area contributed by atoms with Gasteiger partial charge in [-0.25, -0.2) is 9.37 Å². The molecule has 0 saturated heterocycles. The van der Waals surface area contributed by atoms with Crippen LogP contribution in [0.4, 0.5) is 4.39 Å². The quantitative estimate of drug-likeness (QED) is 0.905. The Balaban J connectivity index is 2.36. The van der Waals surface area contributed by atoms with E-state index in [4.69, 9.17) is 10.5 Å². The van der Waals surface area contributed by atoms with Crippen LogP contribution in [0.3, 0.4) is 0 Å². The number of aryl methyl sites for hydroxylation is 2. The van der Waals surface area contributed by atoms with Crippen LogP contribution in [0.5, 0.6) is 11.6 Å². The van der Waals surface area contributed by atoms with E-state index in [1.165, 1.54) is 12.1 Å². The molecule has 1 aromatic carbocycles. The molecule has 0 radical (unpaired) electrons. The second-order valence-electron chi connectivity index (χ2n) is 4.12. The van der Waals surface area contributed by atoms with Gasteiger partial charge in [-0.2, -0.15) is 0 Å². The molecule has 0 bridgehead atoms. The number of nitrogens with zero attached hydrogens (tertiary/aromatic N) is 1. The molecule has 0 fully saturated rings. The van der Waals surface area contributed by atoms with Gasteiger partial charge in [0.1, 0.15) is 11.6 Å². The summed E-state index contributed by atoms with van der Waals surface area (Å²) in [6, 6.07) is 7.78. The molecule has 2 aromatic rings. The summed E-state index contributed by atoms with van der Waals surface area (Å²) in [6.45, 7) is 4.22. The zero-order valence-electron chi connectivity index (χ0n) is 10.4. The van der Waals surface area contributed by atoms with Gasteiger partial charge in [0.05, 0.1) is 0 Å². The number of aromatic nitrogens is 1. The molecule has 0 aliphatic carbocycles. The van der Waals surface area contributed by atoms with Crippen molar-refractivity contribution in [2.24, 2.45) is 5.73 Å². The van der Waals surface area contributed by atoms with Gasteiger partial charge in [-0.3, -0.25) is 0 Å². The van der Waals surface area contributed by atoms with E-state index in [1.807, 2.05) is 19.9 Å². The first kappa shape index (κ1) is 12.5. The van der Waals surface area contributed by atoms with Crippen molar-refractivity contribution in [3.05, 3.63) is 53.0 Å². The van der Waals surface area contributed by atoms with Crippen molar-refractivity contribution < 1.29 is 9.13 Å². The molecule has 0 amide bonds. The summed E-state index contributed by atoms with van der Waals surface area (Å²) in [4.78, 5) is 4.33. The monoisotopic (exact) mass is 246 g/mol. The highest BCUT2D eigenvalue weighted by molar-refractivity contribution is 5.38. The molecule has 4 heteroatoms. The van der Waals surface area contributed by atoms with Crippen LogP contribution in [0.1, 0.15) is 16.8 Å². The fourth-order valence-corrected chi connectivity index (χ4v) is 1.78. The number of benzene rings is 1. The van der Waals surface area contributed by atoms with E-state index in [-0.39, 0.29) is 5.82 Å². The average molecular weight is 246 g/mol. The maximum absolute atomic E-state index is 12.8. The van der Waals surface area contributed by atoms with Gasteiger partial charge in [0.25, 0.3) is 0 Å². The number of nitrogens with two attached hydrogens (primary N) is 1. The van der Waals surface area contributed by atoms with Gasteiger partial charge in [0.2, 0.25) is 5.88 Å². The Labute approximate surface area is 105 Å². The normalized spacial score (nSPS) is 10.4. The van der Waals surface area contributed by atoms with Gasteiger partial charge in [-0.1, -0.05) is 0 Å². The van der Waals surface area contributed by atoms with E-state index >= 15 is 0 Å². The Bertz CT molecular complexity index is 552. The van der Waals surface area contributed by atoms with Crippen molar-refractivity contribution in [2.75, 3.05) is 0 Å². The summed E-state index contributed by atoms with van der Waals surface area (Å²) in [6.07, 6.45) is 0. The molecular formula is C14H15FN2O. The third-order valence-electron chi connectivity index (χ3n) is 2.67. The highest BCUT2D eigenvalue weighted by Crippen LogP contribution is 2.26. The van der Waals surface area contributed by atoms with Crippen molar-refractivity contribution >= 4 is 0 Å². The largest absolute Gasteiger partial charge is 0.439 e. The number of pyridine rings is 1. The first-order chi connectivity index (χ1) is 8.60. The van der Waals surface area contributed by atoms with E-state index in [0.717, 1.165) is 16.8 Å². The molecular weight excluding hydrogens is 231 g/mol. The van der Waals surface area contributed by atoms with E-state index in [9.17, 15) is 4.39 Å². The van der Waals surface area contributed by atoms with Crippen LogP contribution in [0.15, 0.2) is 30.3 Å². The zero-order chi connectivity index (χ0) is 13.1. The first-order valence-corrected chi connectivity index (χ1v) is 5.70. The van der Waals surface area contributed by atoms with Crippen LogP contribution in [0.2, 0.25) is 0 Å². The molecule has 0 spiro atoms. The number of halogens is 1. The minimum Gasteiger partial charge on any atom is -0.439 e. The second kappa shape index (κ2) is 5.14. The van der Waals surface area contributed by atoms with E-state index in [0.29, 0.717) is 18.2 Å². The van der Waals surface area contributed by atoms with Crippen molar-refractivity contribution in [1.82, 2.24) is 4.98 Å². The maximum atomic E-state index is 12.8. The maximum Gasteiger partial charge on any atom is 0.224 e. The van der Waals surface area contributed by atoms with Gasteiger partial charge < -0.3 is 10.5 Å². The fraction of sp³-hybridized carbons (Fsp3) is 0.214. The lowest BCUT2D eigenvalue weighted by molar-refractivity contribution is 0.453. The summed E-state index contributed by atoms with van der Waals surface area (Å²) >= 11 is 0. The Kier molecular flexibility index (Phi) is 3.58. The SMILES string of the molecule is Cc1cc(C)c(CN)c(Oc2ccc(F)cc2)n1. The molecule has 94 valence electrons. The van der Waals surface area contributed by atoms with Gasteiger partial charge in [0.15, 0.2) is 0 Å². The lowest BCUT2D eigenvalue weighted by Gasteiger charge is -2.12. The minimum atomic E-state index is -0.296. The predicted molar refractivity (Wildman–Crippen MR) is 68.1 cm³/mol. The van der Waals surface area contributed by atoms with Crippen LogP contribution in [-0.2, 0) is 6.54 Å². The summed E-state index contributed by atoms with van der Waals surface area (Å²) in [5.74, 6) is 0.736. The molecule has 0 unspecified atom stereocenters. The molecule has 0 aliphatic rings. The molecule has 3 nitrogen and oxygen atoms in total. The van der Waals surface area contributed by atoms with Crippen molar-refractivity contribution in [2.45, 2.75) is 20.4 Å². The Morgan fingerprint density at radius 2 is 1.89 bits per heavy atom. The molecule has 2 N–H and O–H groups in total. The van der Waals surface area contributed by atoms with E-state index in [2.05, 4.69) is 4.98 Å². The summed E-state index contributed by atoms with van der Waals surface area (Å²) in [5.41, 5.74) is 8.47. The smallest absolute Gasteiger partial charge is 0.224 e.